The van der Waals surface area contributed by atoms with Gasteiger partial charge in [0.25, 0.3) is 0 Å². The van der Waals surface area contributed by atoms with Gasteiger partial charge in [-0.15, -0.1) is 0 Å². The van der Waals surface area contributed by atoms with E-state index >= 15 is 0 Å². The third-order valence-electron chi connectivity index (χ3n) is 9.40. The van der Waals surface area contributed by atoms with Gasteiger partial charge in [-0.2, -0.15) is 0 Å². The molecule has 2 N–H and O–H groups in total. The van der Waals surface area contributed by atoms with Gasteiger partial charge in [0.05, 0.1) is 5.56 Å². The average molecular weight is 553 g/mol. The first-order valence-electron chi connectivity index (χ1n) is 13.8. The van der Waals surface area contributed by atoms with Gasteiger partial charge in [-0.1, -0.05) is 69.7 Å². The zero-order valence-corrected chi connectivity index (χ0v) is 24.0. The minimum atomic E-state index is -1.75. The number of allylic oxidation sites excluding steroid dienone is 1. The first-order chi connectivity index (χ1) is 18.7. The number of ether oxygens (including phenoxy) is 3. The van der Waals surface area contributed by atoms with Crippen molar-refractivity contribution in [3.8, 4) is 0 Å². The second-order valence-electron chi connectivity index (χ2n) is 12.1. The lowest BCUT2D eigenvalue weighted by Gasteiger charge is -2.64. The van der Waals surface area contributed by atoms with E-state index < -0.39 is 58.6 Å². The summed E-state index contributed by atoms with van der Waals surface area (Å²) in [5, 5.41) is 23.0. The van der Waals surface area contributed by atoms with Crippen molar-refractivity contribution in [2.75, 3.05) is 6.61 Å². The third-order valence-corrected chi connectivity index (χ3v) is 9.40. The van der Waals surface area contributed by atoms with Crippen molar-refractivity contribution in [3.63, 3.8) is 0 Å². The molecular formula is C32H40O8. The first kappa shape index (κ1) is 29.7. The number of fused-ring (bicyclic) bond motifs is 1. The van der Waals surface area contributed by atoms with Crippen LogP contribution in [0.15, 0.2) is 65.8 Å². The maximum Gasteiger partial charge on any atom is 0.338 e. The lowest BCUT2D eigenvalue weighted by Crippen LogP contribution is -2.72. The Hall–Kier alpha value is -3.23. The van der Waals surface area contributed by atoms with Gasteiger partial charge in [-0.05, 0) is 56.2 Å². The minimum absolute atomic E-state index is 0.130. The Morgan fingerprint density at radius 1 is 1.10 bits per heavy atom. The molecule has 1 aliphatic heterocycles. The molecule has 0 aromatic heterocycles. The molecule has 40 heavy (non-hydrogen) atoms. The molecule has 3 aliphatic rings. The molecule has 1 unspecified atom stereocenters. The van der Waals surface area contributed by atoms with Crippen LogP contribution >= 0.6 is 0 Å². The molecule has 216 valence electrons. The topological polar surface area (TPSA) is 119 Å². The summed E-state index contributed by atoms with van der Waals surface area (Å²) in [6.07, 6.45) is 4.75. The zero-order chi connectivity index (χ0) is 29.5. The molecule has 8 heteroatoms. The van der Waals surface area contributed by atoms with Crippen molar-refractivity contribution in [2.24, 2.45) is 22.7 Å². The molecule has 1 saturated carbocycles. The normalized spacial score (nSPS) is 34.5. The van der Waals surface area contributed by atoms with Gasteiger partial charge in [-0.3, -0.25) is 0 Å². The number of cyclic esters (lactones) is 1. The van der Waals surface area contributed by atoms with Gasteiger partial charge in [-0.25, -0.2) is 14.4 Å². The molecule has 0 bridgehead atoms. The van der Waals surface area contributed by atoms with Crippen LogP contribution in [0, 0.1) is 22.7 Å². The number of carbonyl (C=O) groups excluding carboxylic acids is 3. The molecule has 1 aromatic rings. The minimum Gasteiger partial charge on any atom is -0.458 e. The van der Waals surface area contributed by atoms with Crippen molar-refractivity contribution < 1.29 is 38.8 Å². The highest BCUT2D eigenvalue weighted by molar-refractivity contribution is 5.89. The van der Waals surface area contributed by atoms with Crippen LogP contribution in [0.1, 0.15) is 64.7 Å². The maximum atomic E-state index is 13.4. The molecule has 4 rings (SSSR count). The summed E-state index contributed by atoms with van der Waals surface area (Å²) in [4.78, 5) is 38.3. The highest BCUT2D eigenvalue weighted by Crippen LogP contribution is 2.63. The summed E-state index contributed by atoms with van der Waals surface area (Å²) in [6.45, 7) is 10.9. The van der Waals surface area contributed by atoms with E-state index in [1.165, 1.54) is 6.08 Å². The predicted molar refractivity (Wildman–Crippen MR) is 148 cm³/mol. The second kappa shape index (κ2) is 11.0. The van der Waals surface area contributed by atoms with Crippen LogP contribution in [0.5, 0.6) is 0 Å². The standard InChI is InChI=1S/C32H40O8/c1-19(2)25(34)29(36)40-27-26(39-28(35)22-12-8-7-9-13-22)31(5)20(3)11-10-14-23(31)30(4,32(27,6)37)16-15-21-17-24(33)38-18-21/h7-9,11-13,15-17,19,23,25-27,34,37H,10,14,18H2,1-6H3/b16-15+/t23-,25?,26+,27+,30-,31+,32+/m1/s1. The molecule has 0 saturated heterocycles. The first-order valence-corrected chi connectivity index (χ1v) is 13.8. The van der Waals surface area contributed by atoms with Crippen LogP contribution < -0.4 is 0 Å². The Balaban J connectivity index is 1.86. The maximum absolute atomic E-state index is 13.4. The van der Waals surface area contributed by atoms with E-state index in [9.17, 15) is 24.6 Å². The van der Waals surface area contributed by atoms with Crippen LogP contribution in [0.2, 0.25) is 0 Å². The fourth-order valence-corrected chi connectivity index (χ4v) is 6.51. The number of benzene rings is 1. The number of aliphatic hydroxyl groups excluding tert-OH is 1. The van der Waals surface area contributed by atoms with E-state index in [0.29, 0.717) is 17.6 Å². The number of aliphatic hydroxyl groups is 2. The van der Waals surface area contributed by atoms with E-state index in [2.05, 4.69) is 6.08 Å². The monoisotopic (exact) mass is 552 g/mol. The highest BCUT2D eigenvalue weighted by atomic mass is 16.6. The Labute approximate surface area is 235 Å². The zero-order valence-electron chi connectivity index (χ0n) is 24.0. The van der Waals surface area contributed by atoms with E-state index in [1.807, 2.05) is 26.8 Å². The van der Waals surface area contributed by atoms with Crippen molar-refractivity contribution in [1.82, 2.24) is 0 Å². The van der Waals surface area contributed by atoms with E-state index in [0.717, 1.165) is 12.0 Å². The number of hydrogen-bond donors (Lipinski definition) is 2. The second-order valence-corrected chi connectivity index (χ2v) is 12.1. The molecule has 1 aromatic carbocycles. The average Bonchev–Trinajstić information content (AvgIpc) is 3.34. The van der Waals surface area contributed by atoms with Gasteiger partial charge in [0.2, 0.25) is 0 Å². The Morgan fingerprint density at radius 3 is 2.38 bits per heavy atom. The largest absolute Gasteiger partial charge is 0.458 e. The van der Waals surface area contributed by atoms with Crippen LogP contribution in [0.4, 0.5) is 0 Å². The summed E-state index contributed by atoms with van der Waals surface area (Å²) in [7, 11) is 0. The number of carbonyl (C=O) groups is 3. The number of rotatable bonds is 7. The van der Waals surface area contributed by atoms with E-state index in [1.54, 1.807) is 57.2 Å². The molecule has 1 heterocycles. The van der Waals surface area contributed by atoms with Crippen molar-refractivity contribution in [1.29, 1.82) is 0 Å². The Morgan fingerprint density at radius 2 is 1.77 bits per heavy atom. The summed E-state index contributed by atoms with van der Waals surface area (Å²) in [5.41, 5.74) is -1.65. The van der Waals surface area contributed by atoms with Crippen LogP contribution in [0.25, 0.3) is 0 Å². The molecule has 2 aliphatic carbocycles. The van der Waals surface area contributed by atoms with Crippen molar-refractivity contribution >= 4 is 17.9 Å². The molecule has 0 radical (unpaired) electrons. The third kappa shape index (κ3) is 5.03. The van der Waals surface area contributed by atoms with E-state index in [-0.39, 0.29) is 12.5 Å². The van der Waals surface area contributed by atoms with Crippen LogP contribution in [-0.4, -0.2) is 58.6 Å². The summed E-state index contributed by atoms with van der Waals surface area (Å²) in [5.74, 6) is -2.60. The number of esters is 3. The smallest absolute Gasteiger partial charge is 0.338 e. The summed E-state index contributed by atoms with van der Waals surface area (Å²) >= 11 is 0. The fourth-order valence-electron chi connectivity index (χ4n) is 6.51. The van der Waals surface area contributed by atoms with Crippen molar-refractivity contribution in [2.45, 2.75) is 78.3 Å². The Bertz CT molecular complexity index is 1240. The SMILES string of the molecule is CC1=CCC[C@H]2[C@@]1(C)[C@@H](OC(=O)c1ccccc1)[C@H](OC(=O)C(O)C(C)C)[C@](C)(O)[C@]2(C)/C=C/C1=CC(=O)OC1. The van der Waals surface area contributed by atoms with Gasteiger partial charge in [0, 0.05) is 16.9 Å². The molecule has 0 spiro atoms. The molecule has 1 fully saturated rings. The van der Waals surface area contributed by atoms with E-state index in [4.69, 9.17) is 14.2 Å². The Kier molecular flexibility index (Phi) is 8.16. The summed E-state index contributed by atoms with van der Waals surface area (Å²) < 4.78 is 17.2. The highest BCUT2D eigenvalue weighted by Gasteiger charge is 2.69. The lowest BCUT2D eigenvalue weighted by atomic mass is 9.44. The quantitative estimate of drug-likeness (QED) is 0.292. The molecular weight excluding hydrogens is 512 g/mol. The molecule has 0 amide bonds. The van der Waals surface area contributed by atoms with Gasteiger partial charge in [0.15, 0.2) is 18.3 Å². The fraction of sp³-hybridized carbons (Fsp3) is 0.531. The predicted octanol–water partition coefficient (Wildman–Crippen LogP) is 4.31. The summed E-state index contributed by atoms with van der Waals surface area (Å²) in [6, 6.07) is 8.54. The van der Waals surface area contributed by atoms with Gasteiger partial charge >= 0.3 is 17.9 Å². The van der Waals surface area contributed by atoms with Gasteiger partial charge in [0.1, 0.15) is 12.2 Å². The molecule has 8 nitrogen and oxygen atoms in total. The van der Waals surface area contributed by atoms with Crippen LogP contribution in [-0.2, 0) is 23.8 Å². The molecule has 7 atom stereocenters. The number of hydrogen-bond acceptors (Lipinski definition) is 8. The van der Waals surface area contributed by atoms with Crippen LogP contribution in [0.3, 0.4) is 0 Å². The van der Waals surface area contributed by atoms with Crippen molar-refractivity contribution in [3.05, 3.63) is 71.3 Å². The van der Waals surface area contributed by atoms with Gasteiger partial charge < -0.3 is 24.4 Å². The lowest BCUT2D eigenvalue weighted by molar-refractivity contribution is -0.263.